The highest BCUT2D eigenvalue weighted by atomic mass is 32.2. The van der Waals surface area contributed by atoms with E-state index in [2.05, 4.69) is 44.8 Å². The quantitative estimate of drug-likeness (QED) is 0.751. The Kier molecular flexibility index (Phi) is 3.90. The van der Waals surface area contributed by atoms with E-state index in [-0.39, 0.29) is 0 Å². The Labute approximate surface area is 105 Å². The first kappa shape index (κ1) is 12.8. The van der Waals surface area contributed by atoms with Crippen molar-refractivity contribution in [3.8, 4) is 0 Å². The third-order valence-corrected chi connectivity index (χ3v) is 6.01. The van der Waals surface area contributed by atoms with Gasteiger partial charge in [0.2, 0.25) is 0 Å². The molecule has 2 heteroatoms. The second-order valence-electron chi connectivity index (χ2n) is 6.63. The molecule has 1 aliphatic carbocycles. The summed E-state index contributed by atoms with van der Waals surface area (Å²) in [7, 11) is 0. The molecule has 1 N–H and O–H groups in total. The van der Waals surface area contributed by atoms with Crippen molar-refractivity contribution in [3.63, 3.8) is 0 Å². The van der Waals surface area contributed by atoms with Crippen molar-refractivity contribution in [1.29, 1.82) is 0 Å². The fourth-order valence-corrected chi connectivity index (χ4v) is 4.74. The lowest BCUT2D eigenvalue weighted by Crippen LogP contribution is -2.53. The third kappa shape index (κ3) is 2.76. The molecule has 1 aliphatic heterocycles. The van der Waals surface area contributed by atoms with Crippen LogP contribution in [0.4, 0.5) is 0 Å². The summed E-state index contributed by atoms with van der Waals surface area (Å²) in [5.74, 6) is 2.26. The van der Waals surface area contributed by atoms with Gasteiger partial charge in [0, 0.05) is 23.1 Å². The van der Waals surface area contributed by atoms with E-state index in [1.54, 1.807) is 0 Å². The van der Waals surface area contributed by atoms with Crippen molar-refractivity contribution in [2.24, 2.45) is 11.3 Å². The second kappa shape index (κ2) is 4.89. The Bertz CT molecular complexity index is 233. The van der Waals surface area contributed by atoms with Crippen LogP contribution in [0, 0.1) is 11.3 Å². The molecule has 0 aromatic heterocycles. The lowest BCUT2D eigenvalue weighted by molar-refractivity contribution is 0.158. The monoisotopic (exact) mass is 241 g/mol. The zero-order chi connectivity index (χ0) is 11.8. The molecule has 2 fully saturated rings. The minimum atomic E-state index is 0.507. The summed E-state index contributed by atoms with van der Waals surface area (Å²) in [6.07, 6.45) is 5.55. The zero-order valence-corrected chi connectivity index (χ0v) is 12.1. The molecule has 1 nitrogen and oxygen atoms in total. The standard InChI is InChI=1S/C14H27NS/c1-5-11-9-16-13-8-10(14(2,3)4)6-7-12(13)15-11/h10-13,15H,5-9H2,1-4H3. The molecule has 1 saturated carbocycles. The van der Waals surface area contributed by atoms with Gasteiger partial charge in [0.05, 0.1) is 0 Å². The van der Waals surface area contributed by atoms with Crippen LogP contribution in [0.25, 0.3) is 0 Å². The molecule has 4 unspecified atom stereocenters. The maximum atomic E-state index is 3.86. The Morgan fingerprint density at radius 2 is 2.00 bits per heavy atom. The smallest absolute Gasteiger partial charge is 0.0204 e. The SMILES string of the molecule is CCC1CSC2CC(C(C)(C)C)CCC2N1. The molecule has 1 saturated heterocycles. The molecule has 0 spiro atoms. The molecule has 0 amide bonds. The Morgan fingerprint density at radius 3 is 2.62 bits per heavy atom. The molecular formula is C14H27NS. The van der Waals surface area contributed by atoms with Crippen molar-refractivity contribution in [2.45, 2.75) is 70.7 Å². The van der Waals surface area contributed by atoms with Crippen LogP contribution in [-0.4, -0.2) is 23.1 Å². The molecule has 2 aliphatic rings. The fourth-order valence-electron chi connectivity index (χ4n) is 3.12. The lowest BCUT2D eigenvalue weighted by atomic mass is 9.71. The van der Waals surface area contributed by atoms with Gasteiger partial charge in [0.25, 0.3) is 0 Å². The van der Waals surface area contributed by atoms with Gasteiger partial charge < -0.3 is 5.32 Å². The second-order valence-corrected chi connectivity index (χ2v) is 7.90. The predicted molar refractivity (Wildman–Crippen MR) is 74.0 cm³/mol. The molecule has 94 valence electrons. The van der Waals surface area contributed by atoms with Gasteiger partial charge in [-0.25, -0.2) is 0 Å². The average molecular weight is 241 g/mol. The normalized spacial score (nSPS) is 40.5. The third-order valence-electron chi connectivity index (χ3n) is 4.47. The maximum absolute atomic E-state index is 3.86. The first-order chi connectivity index (χ1) is 7.50. The van der Waals surface area contributed by atoms with Crippen LogP contribution in [0.1, 0.15) is 53.4 Å². The van der Waals surface area contributed by atoms with Crippen molar-refractivity contribution in [3.05, 3.63) is 0 Å². The fraction of sp³-hybridized carbons (Fsp3) is 1.00. The van der Waals surface area contributed by atoms with Crippen molar-refractivity contribution < 1.29 is 0 Å². The highest BCUT2D eigenvalue weighted by molar-refractivity contribution is 8.00. The first-order valence-electron chi connectivity index (χ1n) is 6.88. The number of hydrogen-bond donors (Lipinski definition) is 1. The Morgan fingerprint density at radius 1 is 1.25 bits per heavy atom. The van der Waals surface area contributed by atoms with E-state index in [0.29, 0.717) is 5.41 Å². The molecule has 0 aromatic rings. The molecule has 0 radical (unpaired) electrons. The molecule has 4 atom stereocenters. The lowest BCUT2D eigenvalue weighted by Gasteiger charge is -2.45. The average Bonchev–Trinajstić information content (AvgIpc) is 2.26. The van der Waals surface area contributed by atoms with Crippen LogP contribution < -0.4 is 5.32 Å². The van der Waals surface area contributed by atoms with E-state index in [9.17, 15) is 0 Å². The summed E-state index contributed by atoms with van der Waals surface area (Å²) in [6, 6.07) is 1.58. The van der Waals surface area contributed by atoms with Crippen molar-refractivity contribution >= 4 is 11.8 Å². The maximum Gasteiger partial charge on any atom is 0.0204 e. The topological polar surface area (TPSA) is 12.0 Å². The van der Waals surface area contributed by atoms with Gasteiger partial charge in [-0.05, 0) is 37.0 Å². The summed E-state index contributed by atoms with van der Waals surface area (Å²) in [4.78, 5) is 0. The van der Waals surface area contributed by atoms with Gasteiger partial charge in [-0.3, -0.25) is 0 Å². The summed E-state index contributed by atoms with van der Waals surface area (Å²) in [6.45, 7) is 9.54. The van der Waals surface area contributed by atoms with Gasteiger partial charge in [-0.2, -0.15) is 11.8 Å². The number of fused-ring (bicyclic) bond motifs is 1. The minimum absolute atomic E-state index is 0.507. The van der Waals surface area contributed by atoms with E-state index >= 15 is 0 Å². The van der Waals surface area contributed by atoms with Crippen LogP contribution in [0.3, 0.4) is 0 Å². The number of hydrogen-bond acceptors (Lipinski definition) is 2. The van der Waals surface area contributed by atoms with Crippen LogP contribution in [0.5, 0.6) is 0 Å². The Balaban J connectivity index is 1.93. The van der Waals surface area contributed by atoms with E-state index in [1.165, 1.54) is 31.4 Å². The summed E-state index contributed by atoms with van der Waals surface area (Å²) in [5, 5.41) is 4.75. The van der Waals surface area contributed by atoms with Crippen LogP contribution in [-0.2, 0) is 0 Å². The van der Waals surface area contributed by atoms with Crippen LogP contribution >= 0.6 is 11.8 Å². The zero-order valence-electron chi connectivity index (χ0n) is 11.3. The molecule has 0 aromatic carbocycles. The highest BCUT2D eigenvalue weighted by Crippen LogP contribution is 2.43. The van der Waals surface area contributed by atoms with Crippen LogP contribution in [0.2, 0.25) is 0 Å². The molecular weight excluding hydrogens is 214 g/mol. The van der Waals surface area contributed by atoms with Gasteiger partial charge >= 0.3 is 0 Å². The van der Waals surface area contributed by atoms with E-state index < -0.39 is 0 Å². The number of rotatable bonds is 1. The Hall–Kier alpha value is 0.310. The first-order valence-corrected chi connectivity index (χ1v) is 7.93. The highest BCUT2D eigenvalue weighted by Gasteiger charge is 2.38. The predicted octanol–water partition coefficient (Wildman–Crippen LogP) is 3.68. The molecule has 1 heterocycles. The number of nitrogens with one attached hydrogen (secondary N) is 1. The molecule has 16 heavy (non-hydrogen) atoms. The van der Waals surface area contributed by atoms with Crippen LogP contribution in [0.15, 0.2) is 0 Å². The van der Waals surface area contributed by atoms with Gasteiger partial charge in [-0.15, -0.1) is 0 Å². The largest absolute Gasteiger partial charge is 0.309 e. The van der Waals surface area contributed by atoms with Crippen molar-refractivity contribution in [1.82, 2.24) is 5.32 Å². The molecule has 0 bridgehead atoms. The van der Waals surface area contributed by atoms with Crippen molar-refractivity contribution in [2.75, 3.05) is 5.75 Å². The number of thioether (sulfide) groups is 1. The summed E-state index contributed by atoms with van der Waals surface area (Å²) in [5.41, 5.74) is 0.507. The van der Waals surface area contributed by atoms with Gasteiger partial charge in [0.1, 0.15) is 0 Å². The van der Waals surface area contributed by atoms with Gasteiger partial charge in [0.15, 0.2) is 0 Å². The van der Waals surface area contributed by atoms with Gasteiger partial charge in [-0.1, -0.05) is 27.7 Å². The van der Waals surface area contributed by atoms with E-state index in [4.69, 9.17) is 0 Å². The summed E-state index contributed by atoms with van der Waals surface area (Å²) >= 11 is 2.24. The summed E-state index contributed by atoms with van der Waals surface area (Å²) < 4.78 is 0. The van der Waals surface area contributed by atoms with E-state index in [0.717, 1.165) is 23.3 Å². The minimum Gasteiger partial charge on any atom is -0.309 e. The van der Waals surface area contributed by atoms with E-state index in [1.807, 2.05) is 0 Å². The molecule has 2 rings (SSSR count).